The molecule has 0 spiro atoms. The van der Waals surface area contributed by atoms with Gasteiger partial charge in [-0.3, -0.25) is 0 Å². The number of methoxy groups -OCH3 is 1. The molecule has 0 aliphatic carbocycles. The van der Waals surface area contributed by atoms with Crippen molar-refractivity contribution in [2.75, 3.05) is 18.6 Å². The Morgan fingerprint density at radius 3 is 2.59 bits per heavy atom. The third kappa shape index (κ3) is 3.15. The standard InChI is InChI=1S/C12H11NOS3/c1-14-10-4-2-9(3-5-10)11-12(17-8-13)16-7-6-15-11/h2-5H,6-7H2,1H3. The van der Waals surface area contributed by atoms with Crippen LogP contribution in [0.15, 0.2) is 28.5 Å². The molecule has 0 fully saturated rings. The van der Waals surface area contributed by atoms with Crippen LogP contribution < -0.4 is 4.74 Å². The number of nitrogens with zero attached hydrogens (tertiary/aromatic N) is 1. The molecule has 0 atom stereocenters. The molecule has 1 aliphatic heterocycles. The first-order valence-corrected chi connectivity index (χ1v) is 7.84. The van der Waals surface area contributed by atoms with Crippen LogP contribution >= 0.6 is 35.3 Å². The van der Waals surface area contributed by atoms with Gasteiger partial charge < -0.3 is 4.74 Å². The molecule has 1 aromatic carbocycles. The fourth-order valence-corrected chi connectivity index (χ4v) is 4.74. The summed E-state index contributed by atoms with van der Waals surface area (Å²) in [5.74, 6) is 3.04. The summed E-state index contributed by atoms with van der Waals surface area (Å²) >= 11 is 4.85. The summed E-state index contributed by atoms with van der Waals surface area (Å²) in [5.41, 5.74) is 1.17. The zero-order valence-corrected chi connectivity index (χ0v) is 11.8. The van der Waals surface area contributed by atoms with E-state index in [0.717, 1.165) is 21.5 Å². The first-order valence-electron chi connectivity index (χ1n) is 5.05. The zero-order valence-electron chi connectivity index (χ0n) is 9.30. The Labute approximate surface area is 114 Å². The van der Waals surface area contributed by atoms with E-state index in [9.17, 15) is 0 Å². The van der Waals surface area contributed by atoms with Gasteiger partial charge in [0.1, 0.15) is 11.2 Å². The van der Waals surface area contributed by atoms with Gasteiger partial charge in [0.2, 0.25) is 0 Å². The normalized spacial score (nSPS) is 15.5. The summed E-state index contributed by atoms with van der Waals surface area (Å²) in [7, 11) is 1.66. The number of rotatable bonds is 3. The van der Waals surface area contributed by atoms with Crippen LogP contribution in [-0.4, -0.2) is 18.6 Å². The minimum Gasteiger partial charge on any atom is -0.497 e. The highest BCUT2D eigenvalue weighted by Gasteiger charge is 2.16. The molecule has 0 aromatic heterocycles. The predicted octanol–water partition coefficient (Wildman–Crippen LogP) is 4.02. The maximum Gasteiger partial charge on any atom is 0.139 e. The molecule has 1 heterocycles. The van der Waals surface area contributed by atoms with Crippen molar-refractivity contribution in [2.45, 2.75) is 0 Å². The van der Waals surface area contributed by atoms with Gasteiger partial charge in [0, 0.05) is 16.4 Å². The Morgan fingerprint density at radius 2 is 1.94 bits per heavy atom. The Balaban J connectivity index is 2.32. The van der Waals surface area contributed by atoms with Crippen molar-refractivity contribution in [1.82, 2.24) is 0 Å². The topological polar surface area (TPSA) is 33.0 Å². The van der Waals surface area contributed by atoms with E-state index in [1.165, 1.54) is 22.2 Å². The molecule has 0 saturated carbocycles. The molecule has 2 rings (SSSR count). The molecule has 0 unspecified atom stereocenters. The number of hydrogen-bond acceptors (Lipinski definition) is 5. The van der Waals surface area contributed by atoms with E-state index in [4.69, 9.17) is 10.00 Å². The number of hydrogen-bond donors (Lipinski definition) is 0. The van der Waals surface area contributed by atoms with Gasteiger partial charge in [0.05, 0.1) is 11.3 Å². The van der Waals surface area contributed by atoms with Gasteiger partial charge in [0.15, 0.2) is 0 Å². The molecule has 0 amide bonds. The van der Waals surface area contributed by atoms with Crippen molar-refractivity contribution in [3.63, 3.8) is 0 Å². The van der Waals surface area contributed by atoms with Crippen molar-refractivity contribution in [1.29, 1.82) is 5.26 Å². The SMILES string of the molecule is COc1ccc(C2=C(SC#N)SCCS2)cc1. The van der Waals surface area contributed by atoms with Gasteiger partial charge in [-0.2, -0.15) is 5.26 Å². The van der Waals surface area contributed by atoms with Gasteiger partial charge in [-0.25, -0.2) is 0 Å². The highest BCUT2D eigenvalue weighted by atomic mass is 32.2. The molecule has 17 heavy (non-hydrogen) atoms. The number of nitriles is 1. The highest BCUT2D eigenvalue weighted by molar-refractivity contribution is 8.27. The highest BCUT2D eigenvalue weighted by Crippen LogP contribution is 2.45. The molecule has 1 aliphatic rings. The van der Waals surface area contributed by atoms with Crippen LogP contribution in [0, 0.1) is 10.7 Å². The smallest absolute Gasteiger partial charge is 0.139 e. The molecular weight excluding hydrogens is 270 g/mol. The van der Waals surface area contributed by atoms with Crippen LogP contribution in [-0.2, 0) is 0 Å². The summed E-state index contributed by atoms with van der Waals surface area (Å²) in [5, 5.41) is 11.0. The lowest BCUT2D eigenvalue weighted by Gasteiger charge is -2.17. The predicted molar refractivity (Wildman–Crippen MR) is 78.0 cm³/mol. The summed E-state index contributed by atoms with van der Waals surface area (Å²) in [4.78, 5) is 1.22. The number of benzene rings is 1. The second-order valence-electron chi connectivity index (χ2n) is 3.24. The Morgan fingerprint density at radius 1 is 1.24 bits per heavy atom. The third-order valence-corrected chi connectivity index (χ3v) is 5.85. The van der Waals surface area contributed by atoms with E-state index < -0.39 is 0 Å². The minimum atomic E-state index is 0.859. The lowest BCUT2D eigenvalue weighted by Crippen LogP contribution is -1.95. The molecule has 0 radical (unpaired) electrons. The zero-order chi connectivity index (χ0) is 12.1. The lowest BCUT2D eigenvalue weighted by atomic mass is 10.2. The quantitative estimate of drug-likeness (QED) is 0.782. The number of thioether (sulfide) groups is 3. The first-order chi connectivity index (χ1) is 8.35. The van der Waals surface area contributed by atoms with Gasteiger partial charge in [-0.05, 0) is 29.5 Å². The number of ether oxygens (including phenoxy) is 1. The van der Waals surface area contributed by atoms with E-state index in [0.29, 0.717) is 0 Å². The minimum absolute atomic E-state index is 0.859. The van der Waals surface area contributed by atoms with Crippen molar-refractivity contribution >= 4 is 40.2 Å². The van der Waals surface area contributed by atoms with Gasteiger partial charge >= 0.3 is 0 Å². The lowest BCUT2D eigenvalue weighted by molar-refractivity contribution is 0.415. The van der Waals surface area contributed by atoms with E-state index in [-0.39, 0.29) is 0 Å². The first kappa shape index (κ1) is 12.7. The average Bonchev–Trinajstić information content (AvgIpc) is 2.40. The third-order valence-electron chi connectivity index (χ3n) is 2.24. The molecular formula is C12H11NOS3. The van der Waals surface area contributed by atoms with Crippen LogP contribution in [0.1, 0.15) is 5.56 Å². The largest absolute Gasteiger partial charge is 0.497 e. The maximum absolute atomic E-state index is 8.80. The average molecular weight is 281 g/mol. The van der Waals surface area contributed by atoms with E-state index in [2.05, 4.69) is 5.40 Å². The van der Waals surface area contributed by atoms with E-state index >= 15 is 0 Å². The van der Waals surface area contributed by atoms with Gasteiger partial charge in [-0.1, -0.05) is 12.1 Å². The Bertz CT molecular complexity index is 462. The molecule has 0 bridgehead atoms. The van der Waals surface area contributed by atoms with Crippen LogP contribution in [0.3, 0.4) is 0 Å². The molecule has 0 saturated heterocycles. The molecule has 2 nitrogen and oxygen atoms in total. The van der Waals surface area contributed by atoms with Crippen LogP contribution in [0.4, 0.5) is 0 Å². The van der Waals surface area contributed by atoms with E-state index in [1.54, 1.807) is 18.9 Å². The molecule has 1 aromatic rings. The van der Waals surface area contributed by atoms with Crippen LogP contribution in [0.25, 0.3) is 4.91 Å². The van der Waals surface area contributed by atoms with Gasteiger partial charge in [0.25, 0.3) is 0 Å². The van der Waals surface area contributed by atoms with Crippen molar-refractivity contribution < 1.29 is 4.74 Å². The fourth-order valence-electron chi connectivity index (χ4n) is 1.46. The summed E-state index contributed by atoms with van der Waals surface area (Å²) in [6.07, 6.45) is 0. The van der Waals surface area contributed by atoms with Crippen molar-refractivity contribution in [2.24, 2.45) is 0 Å². The monoisotopic (exact) mass is 281 g/mol. The second kappa shape index (κ2) is 6.29. The second-order valence-corrected chi connectivity index (χ2v) is 6.50. The number of thiocyanates is 1. The van der Waals surface area contributed by atoms with Crippen LogP contribution in [0.5, 0.6) is 5.75 Å². The van der Waals surface area contributed by atoms with Gasteiger partial charge in [-0.15, -0.1) is 23.5 Å². The fraction of sp³-hybridized carbons (Fsp3) is 0.250. The van der Waals surface area contributed by atoms with Crippen molar-refractivity contribution in [3.05, 3.63) is 34.1 Å². The molecule has 0 N–H and O–H groups in total. The van der Waals surface area contributed by atoms with Crippen LogP contribution in [0.2, 0.25) is 0 Å². The maximum atomic E-state index is 8.80. The molecule has 88 valence electrons. The summed E-state index contributed by atoms with van der Waals surface area (Å²) in [6, 6.07) is 8.00. The van der Waals surface area contributed by atoms with Crippen molar-refractivity contribution in [3.8, 4) is 11.2 Å². The summed E-state index contributed by atoms with van der Waals surface area (Å²) in [6.45, 7) is 0. The van der Waals surface area contributed by atoms with E-state index in [1.807, 2.05) is 36.0 Å². The molecule has 5 heteroatoms. The Kier molecular flexibility index (Phi) is 4.72. The Hall–Kier alpha value is -0.700. The summed E-state index contributed by atoms with van der Waals surface area (Å²) < 4.78 is 6.26.